The van der Waals surface area contributed by atoms with Gasteiger partial charge in [-0.2, -0.15) is 5.01 Å². The average Bonchev–Trinajstić information content (AvgIpc) is 3.00. The van der Waals surface area contributed by atoms with Crippen molar-refractivity contribution in [2.75, 3.05) is 21.3 Å². The minimum absolute atomic E-state index is 0.239. The van der Waals surface area contributed by atoms with Crippen molar-refractivity contribution >= 4 is 46.2 Å². The standard InChI is InChI=1S/C20H18N2O5S2/c1-25-14-7-5-13(6-8-14)18(23)21-22-19(24)17(29-20(22)28)11-12-4-9-15(26-2)16(10-12)27-3/h4-11H,1-3H3,(H,21,23). The fourth-order valence-electron chi connectivity index (χ4n) is 2.57. The number of thiocarbonyl (C=S) groups is 1. The molecule has 1 saturated heterocycles. The summed E-state index contributed by atoms with van der Waals surface area (Å²) >= 11 is 6.36. The van der Waals surface area contributed by atoms with Crippen LogP contribution in [-0.4, -0.2) is 42.5 Å². The molecule has 2 amide bonds. The summed E-state index contributed by atoms with van der Waals surface area (Å²) in [6.07, 6.45) is 1.68. The lowest BCUT2D eigenvalue weighted by Gasteiger charge is -2.15. The minimum Gasteiger partial charge on any atom is -0.497 e. The summed E-state index contributed by atoms with van der Waals surface area (Å²) in [6, 6.07) is 11.8. The summed E-state index contributed by atoms with van der Waals surface area (Å²) in [6.45, 7) is 0. The van der Waals surface area contributed by atoms with Crippen molar-refractivity contribution in [1.82, 2.24) is 10.4 Å². The van der Waals surface area contributed by atoms with Crippen LogP contribution in [0.25, 0.3) is 6.08 Å². The molecular formula is C20H18N2O5S2. The van der Waals surface area contributed by atoms with E-state index in [4.69, 9.17) is 26.4 Å². The van der Waals surface area contributed by atoms with Gasteiger partial charge in [0.2, 0.25) is 0 Å². The molecule has 0 aliphatic carbocycles. The van der Waals surface area contributed by atoms with Crippen molar-refractivity contribution in [2.45, 2.75) is 0 Å². The Labute approximate surface area is 177 Å². The molecule has 0 spiro atoms. The van der Waals surface area contributed by atoms with E-state index in [-0.39, 0.29) is 4.32 Å². The van der Waals surface area contributed by atoms with Gasteiger partial charge in [0.1, 0.15) is 5.75 Å². The molecule has 150 valence electrons. The minimum atomic E-state index is -0.448. The van der Waals surface area contributed by atoms with Crippen LogP contribution in [0.1, 0.15) is 15.9 Å². The maximum Gasteiger partial charge on any atom is 0.285 e. The summed E-state index contributed by atoms with van der Waals surface area (Å²) < 4.78 is 15.8. The number of ether oxygens (including phenoxy) is 3. The summed E-state index contributed by atoms with van der Waals surface area (Å²) in [4.78, 5) is 25.6. The highest BCUT2D eigenvalue weighted by Gasteiger charge is 2.33. The van der Waals surface area contributed by atoms with Crippen LogP contribution in [0.4, 0.5) is 0 Å². The Morgan fingerprint density at radius 3 is 2.34 bits per heavy atom. The van der Waals surface area contributed by atoms with Crippen molar-refractivity contribution < 1.29 is 23.8 Å². The number of nitrogens with one attached hydrogen (secondary N) is 1. The molecule has 1 N–H and O–H groups in total. The molecule has 29 heavy (non-hydrogen) atoms. The van der Waals surface area contributed by atoms with Crippen molar-refractivity contribution in [1.29, 1.82) is 0 Å². The summed E-state index contributed by atoms with van der Waals surface area (Å²) in [5, 5.41) is 1.07. The van der Waals surface area contributed by atoms with Crippen LogP contribution in [0.2, 0.25) is 0 Å². The zero-order chi connectivity index (χ0) is 21.0. The molecule has 3 rings (SSSR count). The first-order valence-corrected chi connectivity index (χ1v) is 9.64. The fraction of sp³-hybridized carbons (Fsp3) is 0.150. The highest BCUT2D eigenvalue weighted by molar-refractivity contribution is 8.26. The molecule has 2 aromatic rings. The maximum atomic E-state index is 12.7. The van der Waals surface area contributed by atoms with E-state index < -0.39 is 11.8 Å². The smallest absolute Gasteiger partial charge is 0.285 e. The van der Waals surface area contributed by atoms with E-state index in [9.17, 15) is 9.59 Å². The van der Waals surface area contributed by atoms with Gasteiger partial charge in [0, 0.05) is 5.56 Å². The molecule has 1 fully saturated rings. The normalized spacial score (nSPS) is 14.9. The molecule has 1 aliphatic heterocycles. The molecule has 7 nitrogen and oxygen atoms in total. The summed E-state index contributed by atoms with van der Waals surface area (Å²) in [7, 11) is 4.63. The molecule has 1 heterocycles. The maximum absolute atomic E-state index is 12.7. The lowest BCUT2D eigenvalue weighted by Crippen LogP contribution is -2.44. The molecule has 0 radical (unpaired) electrons. The predicted molar refractivity (Wildman–Crippen MR) is 115 cm³/mol. The predicted octanol–water partition coefficient (Wildman–Crippen LogP) is 3.26. The van der Waals surface area contributed by atoms with Gasteiger partial charge in [0.25, 0.3) is 11.8 Å². The monoisotopic (exact) mass is 430 g/mol. The Morgan fingerprint density at radius 2 is 1.72 bits per heavy atom. The van der Waals surface area contributed by atoms with Gasteiger partial charge in [-0.1, -0.05) is 17.8 Å². The number of hydrogen-bond acceptors (Lipinski definition) is 7. The number of nitrogens with zero attached hydrogens (tertiary/aromatic N) is 1. The second-order valence-corrected chi connectivity index (χ2v) is 7.48. The van der Waals surface area contributed by atoms with Crippen LogP contribution in [0.3, 0.4) is 0 Å². The Hall–Kier alpha value is -3.04. The second kappa shape index (κ2) is 8.97. The van der Waals surface area contributed by atoms with Crippen molar-refractivity contribution in [3.63, 3.8) is 0 Å². The van der Waals surface area contributed by atoms with E-state index in [1.54, 1.807) is 62.8 Å². The topological polar surface area (TPSA) is 77.1 Å². The van der Waals surface area contributed by atoms with E-state index in [0.29, 0.717) is 27.7 Å². The van der Waals surface area contributed by atoms with E-state index in [2.05, 4.69) is 5.43 Å². The number of rotatable bonds is 6. The first-order valence-electron chi connectivity index (χ1n) is 8.42. The first kappa shape index (κ1) is 20.7. The van der Waals surface area contributed by atoms with Crippen LogP contribution in [0.15, 0.2) is 47.4 Å². The van der Waals surface area contributed by atoms with E-state index in [1.807, 2.05) is 0 Å². The fourth-order valence-corrected chi connectivity index (χ4v) is 3.75. The highest BCUT2D eigenvalue weighted by atomic mass is 32.2. The quantitative estimate of drug-likeness (QED) is 0.557. The number of amides is 2. The van der Waals surface area contributed by atoms with Crippen LogP contribution in [0, 0.1) is 0 Å². The van der Waals surface area contributed by atoms with E-state index in [0.717, 1.165) is 22.3 Å². The Kier molecular flexibility index (Phi) is 6.40. The molecular weight excluding hydrogens is 412 g/mol. The highest BCUT2D eigenvalue weighted by Crippen LogP contribution is 2.34. The third-order valence-corrected chi connectivity index (χ3v) is 5.37. The zero-order valence-electron chi connectivity index (χ0n) is 15.9. The Morgan fingerprint density at radius 1 is 1.03 bits per heavy atom. The number of hydrazine groups is 1. The lowest BCUT2D eigenvalue weighted by molar-refractivity contribution is -0.123. The Balaban J connectivity index is 1.76. The molecule has 9 heteroatoms. The molecule has 0 atom stereocenters. The van der Waals surface area contributed by atoms with E-state index >= 15 is 0 Å². The molecule has 0 aromatic heterocycles. The van der Waals surface area contributed by atoms with Crippen molar-refractivity contribution in [2.24, 2.45) is 0 Å². The zero-order valence-corrected chi connectivity index (χ0v) is 17.6. The van der Waals surface area contributed by atoms with Gasteiger partial charge in [-0.25, -0.2) is 0 Å². The number of hydrogen-bond donors (Lipinski definition) is 1. The van der Waals surface area contributed by atoms with Crippen molar-refractivity contribution in [3.8, 4) is 17.2 Å². The molecule has 1 aliphatic rings. The average molecular weight is 431 g/mol. The lowest BCUT2D eigenvalue weighted by atomic mass is 10.2. The molecule has 0 unspecified atom stereocenters. The summed E-state index contributed by atoms with van der Waals surface area (Å²) in [5.41, 5.74) is 3.66. The third-order valence-electron chi connectivity index (χ3n) is 4.06. The van der Waals surface area contributed by atoms with Gasteiger partial charge in [0.05, 0.1) is 26.2 Å². The number of carbonyl (C=O) groups is 2. The SMILES string of the molecule is COc1ccc(C(=O)NN2C(=O)C(=Cc3ccc(OC)c(OC)c3)SC2=S)cc1. The van der Waals surface area contributed by atoms with Gasteiger partial charge in [-0.05, 0) is 60.3 Å². The van der Waals surface area contributed by atoms with E-state index in [1.165, 1.54) is 7.11 Å². The number of methoxy groups -OCH3 is 3. The van der Waals surface area contributed by atoms with Gasteiger partial charge in [-0.3, -0.25) is 15.0 Å². The van der Waals surface area contributed by atoms with Gasteiger partial charge in [0.15, 0.2) is 15.8 Å². The van der Waals surface area contributed by atoms with Gasteiger partial charge >= 0.3 is 0 Å². The van der Waals surface area contributed by atoms with Crippen LogP contribution in [-0.2, 0) is 4.79 Å². The molecule has 0 bridgehead atoms. The van der Waals surface area contributed by atoms with Crippen LogP contribution in [0.5, 0.6) is 17.2 Å². The number of benzene rings is 2. The Bertz CT molecular complexity index is 989. The van der Waals surface area contributed by atoms with Gasteiger partial charge < -0.3 is 14.2 Å². The second-order valence-electron chi connectivity index (χ2n) is 5.80. The largest absolute Gasteiger partial charge is 0.497 e. The molecule has 2 aromatic carbocycles. The number of thioether (sulfide) groups is 1. The molecule has 0 saturated carbocycles. The number of carbonyl (C=O) groups excluding carboxylic acids is 2. The first-order chi connectivity index (χ1) is 14.0. The summed E-state index contributed by atoms with van der Waals surface area (Å²) in [5.74, 6) is 0.909. The van der Waals surface area contributed by atoms with Gasteiger partial charge in [-0.15, -0.1) is 0 Å². The third kappa shape index (κ3) is 4.52. The van der Waals surface area contributed by atoms with Crippen molar-refractivity contribution in [3.05, 3.63) is 58.5 Å². The van der Waals surface area contributed by atoms with Crippen LogP contribution >= 0.6 is 24.0 Å². The van der Waals surface area contributed by atoms with Crippen LogP contribution < -0.4 is 19.6 Å².